The van der Waals surface area contributed by atoms with Crippen LogP contribution in [0.15, 0.2) is 35.3 Å². The third-order valence-corrected chi connectivity index (χ3v) is 4.28. The monoisotopic (exact) mass is 317 g/mol. The summed E-state index contributed by atoms with van der Waals surface area (Å²) < 4.78 is 5.72. The second-order valence-corrected chi connectivity index (χ2v) is 6.41. The molecule has 0 radical (unpaired) electrons. The lowest BCUT2D eigenvalue weighted by Gasteiger charge is -2.33. The van der Waals surface area contributed by atoms with E-state index in [1.807, 2.05) is 13.1 Å². The zero-order valence-corrected chi connectivity index (χ0v) is 14.6. The van der Waals surface area contributed by atoms with Gasteiger partial charge in [0.05, 0.1) is 6.61 Å². The van der Waals surface area contributed by atoms with Gasteiger partial charge in [-0.25, -0.2) is 0 Å². The van der Waals surface area contributed by atoms with Crippen molar-refractivity contribution >= 4 is 5.96 Å². The van der Waals surface area contributed by atoms with Gasteiger partial charge in [0.15, 0.2) is 5.96 Å². The number of unbranched alkanes of at least 4 members (excludes halogenated alkanes) is 1. The highest BCUT2D eigenvalue weighted by atomic mass is 16.5. The van der Waals surface area contributed by atoms with Crippen LogP contribution in [-0.4, -0.2) is 44.1 Å². The van der Waals surface area contributed by atoms with Crippen LogP contribution in [0, 0.1) is 5.92 Å². The molecule has 1 aliphatic heterocycles. The van der Waals surface area contributed by atoms with E-state index < -0.39 is 0 Å². The van der Waals surface area contributed by atoms with Gasteiger partial charge in [-0.15, -0.1) is 0 Å². The van der Waals surface area contributed by atoms with E-state index in [4.69, 9.17) is 4.74 Å². The minimum Gasteiger partial charge on any atom is -0.377 e. The first-order chi connectivity index (χ1) is 11.3. The zero-order chi connectivity index (χ0) is 16.3. The van der Waals surface area contributed by atoms with Gasteiger partial charge in [0.1, 0.15) is 0 Å². The molecule has 23 heavy (non-hydrogen) atoms. The minimum atomic E-state index is 0.710. The zero-order valence-electron chi connectivity index (χ0n) is 14.6. The van der Waals surface area contributed by atoms with E-state index in [1.54, 1.807) is 0 Å². The predicted molar refractivity (Wildman–Crippen MR) is 96.7 cm³/mol. The Labute approximate surface area is 140 Å². The Kier molecular flexibility index (Phi) is 7.95. The Hall–Kier alpha value is -1.55. The summed E-state index contributed by atoms with van der Waals surface area (Å²) in [5.74, 6) is 1.83. The van der Waals surface area contributed by atoms with Crippen molar-refractivity contribution in [2.45, 2.75) is 39.2 Å². The van der Waals surface area contributed by atoms with E-state index >= 15 is 0 Å². The number of rotatable bonds is 7. The molecule has 1 aliphatic rings. The third-order valence-electron chi connectivity index (χ3n) is 4.28. The summed E-state index contributed by atoms with van der Waals surface area (Å²) in [6.45, 7) is 7.07. The standard InChI is InChI=1S/C19H31N3O/c1-17-9-8-13-22(15-17)19(20-2)21-12-6-7-14-23-16-18-10-4-3-5-11-18/h3-5,10-11,17H,6-9,12-16H2,1-2H3,(H,20,21). The van der Waals surface area contributed by atoms with E-state index in [2.05, 4.69) is 46.4 Å². The SMILES string of the molecule is CN=C(NCCCCOCc1ccccc1)N1CCCC(C)C1. The van der Waals surface area contributed by atoms with Gasteiger partial charge in [0.25, 0.3) is 0 Å². The van der Waals surface area contributed by atoms with Crippen molar-refractivity contribution in [1.82, 2.24) is 10.2 Å². The highest BCUT2D eigenvalue weighted by molar-refractivity contribution is 5.79. The Morgan fingerprint density at radius 1 is 1.30 bits per heavy atom. The summed E-state index contributed by atoms with van der Waals surface area (Å²) in [5.41, 5.74) is 1.24. The molecule has 4 nitrogen and oxygen atoms in total. The highest BCUT2D eigenvalue weighted by Gasteiger charge is 2.18. The number of hydrogen-bond acceptors (Lipinski definition) is 2. The average molecular weight is 317 g/mol. The number of aliphatic imine (C=N–C) groups is 1. The van der Waals surface area contributed by atoms with Crippen LogP contribution in [0.25, 0.3) is 0 Å². The average Bonchev–Trinajstić information content (AvgIpc) is 2.58. The van der Waals surface area contributed by atoms with Crippen LogP contribution < -0.4 is 5.32 Å². The van der Waals surface area contributed by atoms with Crippen molar-refractivity contribution < 1.29 is 4.74 Å². The molecule has 0 amide bonds. The normalized spacial score (nSPS) is 19.0. The van der Waals surface area contributed by atoms with Gasteiger partial charge in [0, 0.05) is 33.3 Å². The molecular weight excluding hydrogens is 286 g/mol. The molecular formula is C19H31N3O. The number of nitrogens with one attached hydrogen (secondary N) is 1. The van der Waals surface area contributed by atoms with Gasteiger partial charge in [-0.05, 0) is 37.2 Å². The molecule has 1 heterocycles. The molecule has 1 atom stereocenters. The molecule has 0 aromatic heterocycles. The molecule has 1 fully saturated rings. The first kappa shape index (κ1) is 17.8. The van der Waals surface area contributed by atoms with Gasteiger partial charge < -0.3 is 15.0 Å². The van der Waals surface area contributed by atoms with Crippen LogP contribution in [0.4, 0.5) is 0 Å². The largest absolute Gasteiger partial charge is 0.377 e. The van der Waals surface area contributed by atoms with E-state index in [0.717, 1.165) is 51.0 Å². The van der Waals surface area contributed by atoms with E-state index in [0.29, 0.717) is 6.61 Å². The van der Waals surface area contributed by atoms with Crippen LogP contribution >= 0.6 is 0 Å². The van der Waals surface area contributed by atoms with Crippen LogP contribution in [0.3, 0.4) is 0 Å². The maximum Gasteiger partial charge on any atom is 0.193 e. The van der Waals surface area contributed by atoms with Crippen molar-refractivity contribution in [3.63, 3.8) is 0 Å². The van der Waals surface area contributed by atoms with Crippen molar-refractivity contribution in [1.29, 1.82) is 0 Å². The minimum absolute atomic E-state index is 0.710. The van der Waals surface area contributed by atoms with E-state index in [-0.39, 0.29) is 0 Å². The molecule has 0 aliphatic carbocycles. The molecule has 1 saturated heterocycles. The second-order valence-electron chi connectivity index (χ2n) is 6.41. The quantitative estimate of drug-likeness (QED) is 0.476. The summed E-state index contributed by atoms with van der Waals surface area (Å²) in [7, 11) is 1.88. The molecule has 4 heteroatoms. The van der Waals surface area contributed by atoms with E-state index in [9.17, 15) is 0 Å². The summed E-state index contributed by atoms with van der Waals surface area (Å²) in [6.07, 6.45) is 4.80. The number of guanidine groups is 1. The second kappa shape index (κ2) is 10.3. The predicted octanol–water partition coefficient (Wildman–Crippen LogP) is 3.29. The van der Waals surface area contributed by atoms with Gasteiger partial charge in [-0.3, -0.25) is 4.99 Å². The molecule has 2 rings (SSSR count). The molecule has 0 bridgehead atoms. The fourth-order valence-corrected chi connectivity index (χ4v) is 3.01. The topological polar surface area (TPSA) is 36.9 Å². The molecule has 1 aromatic rings. The number of benzene rings is 1. The third kappa shape index (κ3) is 6.61. The Morgan fingerprint density at radius 2 is 2.13 bits per heavy atom. The van der Waals surface area contributed by atoms with E-state index in [1.165, 1.54) is 18.4 Å². The fraction of sp³-hybridized carbons (Fsp3) is 0.632. The lowest BCUT2D eigenvalue weighted by Crippen LogP contribution is -2.46. The Morgan fingerprint density at radius 3 is 2.87 bits per heavy atom. The molecule has 1 aromatic carbocycles. The fourth-order valence-electron chi connectivity index (χ4n) is 3.01. The number of ether oxygens (including phenoxy) is 1. The smallest absolute Gasteiger partial charge is 0.193 e. The summed E-state index contributed by atoms with van der Waals surface area (Å²) in [5, 5.41) is 3.49. The van der Waals surface area contributed by atoms with Gasteiger partial charge >= 0.3 is 0 Å². The molecule has 0 spiro atoms. The van der Waals surface area contributed by atoms with Gasteiger partial charge in [0.2, 0.25) is 0 Å². The lowest BCUT2D eigenvalue weighted by molar-refractivity contribution is 0.117. The maximum absolute atomic E-state index is 5.72. The number of hydrogen-bond donors (Lipinski definition) is 1. The first-order valence-electron chi connectivity index (χ1n) is 8.87. The van der Waals surface area contributed by atoms with Crippen LogP contribution in [0.5, 0.6) is 0 Å². The lowest BCUT2D eigenvalue weighted by atomic mass is 10.0. The maximum atomic E-state index is 5.72. The summed E-state index contributed by atoms with van der Waals surface area (Å²) >= 11 is 0. The number of likely N-dealkylation sites (tertiary alicyclic amines) is 1. The molecule has 1 N–H and O–H groups in total. The van der Waals surface area contributed by atoms with Gasteiger partial charge in [-0.2, -0.15) is 0 Å². The molecule has 1 unspecified atom stereocenters. The number of nitrogens with zero attached hydrogens (tertiary/aromatic N) is 2. The van der Waals surface area contributed by atoms with Crippen LogP contribution in [0.2, 0.25) is 0 Å². The molecule has 128 valence electrons. The summed E-state index contributed by atoms with van der Waals surface area (Å²) in [4.78, 5) is 6.81. The van der Waals surface area contributed by atoms with Gasteiger partial charge in [-0.1, -0.05) is 37.3 Å². The Bertz CT molecular complexity index is 461. The highest BCUT2D eigenvalue weighted by Crippen LogP contribution is 2.15. The number of piperidine rings is 1. The van der Waals surface area contributed by atoms with Crippen molar-refractivity contribution in [2.75, 3.05) is 33.3 Å². The first-order valence-corrected chi connectivity index (χ1v) is 8.87. The van der Waals surface area contributed by atoms with Crippen molar-refractivity contribution in [3.8, 4) is 0 Å². The van der Waals surface area contributed by atoms with Crippen molar-refractivity contribution in [2.24, 2.45) is 10.9 Å². The van der Waals surface area contributed by atoms with Crippen molar-refractivity contribution in [3.05, 3.63) is 35.9 Å². The van der Waals surface area contributed by atoms with Crippen LogP contribution in [-0.2, 0) is 11.3 Å². The summed E-state index contributed by atoms with van der Waals surface area (Å²) in [6, 6.07) is 10.3. The molecule has 0 saturated carbocycles. The van der Waals surface area contributed by atoms with Crippen LogP contribution in [0.1, 0.15) is 38.2 Å². The Balaban J connectivity index is 1.54.